The Bertz CT molecular complexity index is 931. The van der Waals surface area contributed by atoms with Gasteiger partial charge in [-0.15, -0.1) is 0 Å². The van der Waals surface area contributed by atoms with E-state index in [0.29, 0.717) is 31.1 Å². The second-order valence-electron chi connectivity index (χ2n) is 7.51. The van der Waals surface area contributed by atoms with Crippen LogP contribution < -0.4 is 0 Å². The van der Waals surface area contributed by atoms with Crippen LogP contribution in [0, 0.1) is 12.8 Å². The fourth-order valence-electron chi connectivity index (χ4n) is 3.16. The van der Waals surface area contributed by atoms with Crippen molar-refractivity contribution in [1.29, 1.82) is 0 Å². The molecule has 0 radical (unpaired) electrons. The largest absolute Gasteiger partial charge is 0.331 e. The Morgan fingerprint density at radius 3 is 2.54 bits per heavy atom. The first kappa shape index (κ1) is 20.2. The summed E-state index contributed by atoms with van der Waals surface area (Å²) < 4.78 is 2.05. The van der Waals surface area contributed by atoms with E-state index in [-0.39, 0.29) is 5.91 Å². The average molecular weight is 396 g/mol. The topological polar surface area (TPSA) is 38.1 Å². The first-order valence-electron chi connectivity index (χ1n) is 9.53. The smallest absolute Gasteiger partial charge is 0.254 e. The lowest BCUT2D eigenvalue weighted by atomic mass is 10.1. The highest BCUT2D eigenvalue weighted by Crippen LogP contribution is 2.18. The Hall–Kier alpha value is -2.59. The molecule has 0 aliphatic rings. The Kier molecular flexibility index (Phi) is 6.53. The van der Waals surface area contributed by atoms with Crippen LogP contribution in [0.25, 0.3) is 0 Å². The third kappa shape index (κ3) is 5.02. The number of aromatic nitrogens is 2. The van der Waals surface area contributed by atoms with E-state index in [0.717, 1.165) is 22.0 Å². The number of imidazole rings is 1. The molecule has 3 rings (SSSR count). The number of carbonyl (C=O) groups excluding carboxylic acids is 1. The summed E-state index contributed by atoms with van der Waals surface area (Å²) in [5, 5.41) is 0.733. The second kappa shape index (κ2) is 9.07. The third-order valence-electron chi connectivity index (χ3n) is 4.60. The van der Waals surface area contributed by atoms with E-state index in [9.17, 15) is 4.79 Å². The highest BCUT2D eigenvalue weighted by atomic mass is 35.5. The molecule has 1 heterocycles. The number of amides is 1. The summed E-state index contributed by atoms with van der Waals surface area (Å²) in [5.41, 5.74) is 2.88. The normalized spacial score (nSPS) is 11.0. The molecule has 28 heavy (non-hydrogen) atoms. The molecule has 4 nitrogen and oxygen atoms in total. The van der Waals surface area contributed by atoms with Crippen LogP contribution in [0.3, 0.4) is 0 Å². The van der Waals surface area contributed by atoms with Crippen molar-refractivity contribution in [3.63, 3.8) is 0 Å². The van der Waals surface area contributed by atoms with E-state index in [1.807, 2.05) is 66.6 Å². The van der Waals surface area contributed by atoms with E-state index in [4.69, 9.17) is 11.6 Å². The zero-order chi connectivity index (χ0) is 20.1. The molecule has 3 aromatic rings. The molecule has 0 saturated carbocycles. The van der Waals surface area contributed by atoms with Crippen molar-refractivity contribution in [2.45, 2.75) is 33.9 Å². The van der Waals surface area contributed by atoms with Crippen molar-refractivity contribution in [3.05, 3.63) is 88.5 Å². The third-order valence-corrected chi connectivity index (χ3v) is 4.97. The summed E-state index contributed by atoms with van der Waals surface area (Å²) in [7, 11) is 0. The Morgan fingerprint density at radius 2 is 1.86 bits per heavy atom. The van der Waals surface area contributed by atoms with Gasteiger partial charge in [0, 0.05) is 29.5 Å². The first-order valence-corrected chi connectivity index (χ1v) is 9.91. The van der Waals surface area contributed by atoms with Crippen molar-refractivity contribution >= 4 is 17.5 Å². The van der Waals surface area contributed by atoms with Gasteiger partial charge in [-0.3, -0.25) is 4.79 Å². The molecule has 0 N–H and O–H groups in total. The molecule has 0 fully saturated rings. The summed E-state index contributed by atoms with van der Waals surface area (Å²) in [4.78, 5) is 19.5. The maximum absolute atomic E-state index is 13.1. The van der Waals surface area contributed by atoms with Crippen molar-refractivity contribution in [1.82, 2.24) is 14.5 Å². The highest BCUT2D eigenvalue weighted by molar-refractivity contribution is 6.31. The lowest BCUT2D eigenvalue weighted by molar-refractivity contribution is 0.0716. The fourth-order valence-corrected chi connectivity index (χ4v) is 3.35. The van der Waals surface area contributed by atoms with E-state index < -0.39 is 0 Å². The lowest BCUT2D eigenvalue weighted by Crippen LogP contribution is -2.34. The Balaban J connectivity index is 1.82. The van der Waals surface area contributed by atoms with Gasteiger partial charge in [0.2, 0.25) is 0 Å². The van der Waals surface area contributed by atoms with Crippen LogP contribution in [0.1, 0.15) is 41.2 Å². The highest BCUT2D eigenvalue weighted by Gasteiger charge is 2.19. The molecule has 0 aliphatic carbocycles. The van der Waals surface area contributed by atoms with Crippen LogP contribution in [0.4, 0.5) is 0 Å². The number of hydrogen-bond acceptors (Lipinski definition) is 2. The van der Waals surface area contributed by atoms with Gasteiger partial charge in [0.15, 0.2) is 0 Å². The van der Waals surface area contributed by atoms with Gasteiger partial charge in [-0.05, 0) is 36.6 Å². The van der Waals surface area contributed by atoms with Crippen LogP contribution in [0.15, 0.2) is 60.9 Å². The van der Waals surface area contributed by atoms with Crippen molar-refractivity contribution in [3.8, 4) is 0 Å². The predicted molar refractivity (Wildman–Crippen MR) is 114 cm³/mol. The van der Waals surface area contributed by atoms with E-state index in [2.05, 4.69) is 23.4 Å². The fraction of sp³-hybridized carbons (Fsp3) is 0.304. The molecular formula is C23H26ClN3O. The number of nitrogens with zero attached hydrogens (tertiary/aromatic N) is 3. The summed E-state index contributed by atoms with van der Waals surface area (Å²) in [6.45, 7) is 8.01. The molecule has 146 valence electrons. The lowest BCUT2D eigenvalue weighted by Gasteiger charge is -2.25. The van der Waals surface area contributed by atoms with Gasteiger partial charge in [0.1, 0.15) is 5.82 Å². The molecule has 1 amide bonds. The Labute approximate surface area is 171 Å². The van der Waals surface area contributed by atoms with Crippen molar-refractivity contribution in [2.24, 2.45) is 5.92 Å². The molecule has 0 aliphatic heterocycles. The second-order valence-corrected chi connectivity index (χ2v) is 7.92. The first-order chi connectivity index (χ1) is 13.4. The van der Waals surface area contributed by atoms with Gasteiger partial charge >= 0.3 is 0 Å². The van der Waals surface area contributed by atoms with Crippen molar-refractivity contribution < 1.29 is 4.79 Å². The Morgan fingerprint density at radius 1 is 1.14 bits per heavy atom. The number of aryl methyl sites for hydroxylation is 1. The summed E-state index contributed by atoms with van der Waals surface area (Å²) in [5.74, 6) is 1.24. The molecular weight excluding hydrogens is 370 g/mol. The minimum atomic E-state index is 0.0287. The van der Waals surface area contributed by atoms with E-state index >= 15 is 0 Å². The molecule has 0 atom stereocenters. The molecule has 0 bridgehead atoms. The summed E-state index contributed by atoms with van der Waals surface area (Å²) in [6.07, 6.45) is 3.71. The van der Waals surface area contributed by atoms with Gasteiger partial charge in [0.25, 0.3) is 5.91 Å². The standard InChI is InChI=1S/C23H26ClN3O/c1-17(2)14-27(23(28)19-10-8-18(3)9-11-19)16-22-25-12-13-26(22)15-20-6-4-5-7-21(20)24/h4-13,17H,14-16H2,1-3H3. The summed E-state index contributed by atoms with van der Waals surface area (Å²) >= 11 is 6.31. The monoisotopic (exact) mass is 395 g/mol. The number of hydrogen-bond donors (Lipinski definition) is 0. The molecule has 0 saturated heterocycles. The minimum absolute atomic E-state index is 0.0287. The van der Waals surface area contributed by atoms with Crippen LogP contribution in [-0.4, -0.2) is 26.9 Å². The van der Waals surface area contributed by atoms with Gasteiger partial charge in [0.05, 0.1) is 13.1 Å². The van der Waals surface area contributed by atoms with Crippen LogP contribution in [0.5, 0.6) is 0 Å². The average Bonchev–Trinajstić information content (AvgIpc) is 3.09. The molecule has 0 unspecified atom stereocenters. The number of benzene rings is 2. The zero-order valence-electron chi connectivity index (χ0n) is 16.6. The van der Waals surface area contributed by atoms with Gasteiger partial charge in [-0.1, -0.05) is 61.3 Å². The molecule has 0 spiro atoms. The zero-order valence-corrected chi connectivity index (χ0v) is 17.4. The van der Waals surface area contributed by atoms with Crippen LogP contribution >= 0.6 is 11.6 Å². The van der Waals surface area contributed by atoms with E-state index in [1.165, 1.54) is 0 Å². The van der Waals surface area contributed by atoms with Gasteiger partial charge in [-0.2, -0.15) is 0 Å². The van der Waals surface area contributed by atoms with Crippen molar-refractivity contribution in [2.75, 3.05) is 6.54 Å². The van der Waals surface area contributed by atoms with Crippen LogP contribution in [-0.2, 0) is 13.1 Å². The number of rotatable bonds is 7. The van der Waals surface area contributed by atoms with Gasteiger partial charge in [-0.25, -0.2) is 4.98 Å². The summed E-state index contributed by atoms with van der Waals surface area (Å²) in [6, 6.07) is 15.5. The minimum Gasteiger partial charge on any atom is -0.331 e. The maximum atomic E-state index is 13.1. The molecule has 2 aromatic carbocycles. The number of carbonyl (C=O) groups is 1. The molecule has 1 aromatic heterocycles. The quantitative estimate of drug-likeness (QED) is 0.552. The molecule has 5 heteroatoms. The van der Waals surface area contributed by atoms with Crippen LogP contribution in [0.2, 0.25) is 5.02 Å². The van der Waals surface area contributed by atoms with E-state index in [1.54, 1.807) is 6.20 Å². The number of halogens is 1. The SMILES string of the molecule is Cc1ccc(C(=O)N(Cc2nccn2Cc2ccccc2Cl)CC(C)C)cc1. The van der Waals surface area contributed by atoms with Gasteiger partial charge < -0.3 is 9.47 Å². The maximum Gasteiger partial charge on any atom is 0.254 e. The predicted octanol–water partition coefficient (Wildman–Crippen LogP) is 5.19.